The molecule has 21 heavy (non-hydrogen) atoms. The summed E-state index contributed by atoms with van der Waals surface area (Å²) in [7, 11) is 0. The molecule has 0 atom stereocenters. The third-order valence-electron chi connectivity index (χ3n) is 4.97. The third-order valence-corrected chi connectivity index (χ3v) is 4.97. The van der Waals surface area contributed by atoms with E-state index in [2.05, 4.69) is 27.0 Å². The van der Waals surface area contributed by atoms with Crippen molar-refractivity contribution in [3.05, 3.63) is 18.3 Å². The molecule has 5 heteroatoms. The first kappa shape index (κ1) is 13.1. The minimum Gasteiger partial charge on any atom is -0.370 e. The van der Waals surface area contributed by atoms with E-state index in [1.807, 2.05) is 12.3 Å². The average molecular weight is 285 g/mol. The zero-order chi connectivity index (χ0) is 14.1. The average Bonchev–Trinajstić information content (AvgIpc) is 3.02. The molecule has 1 saturated carbocycles. The Hall–Kier alpha value is -1.62. The summed E-state index contributed by atoms with van der Waals surface area (Å²) in [4.78, 5) is 9.54. The zero-order valence-corrected chi connectivity index (χ0v) is 12.4. The predicted molar refractivity (Wildman–Crippen MR) is 86.0 cm³/mol. The van der Waals surface area contributed by atoms with Crippen molar-refractivity contribution in [3.63, 3.8) is 0 Å². The maximum atomic E-state index is 5.09. The van der Waals surface area contributed by atoms with Gasteiger partial charge in [0.1, 0.15) is 5.84 Å². The zero-order valence-electron chi connectivity index (χ0n) is 12.4. The van der Waals surface area contributed by atoms with E-state index in [0.717, 1.165) is 43.3 Å². The molecule has 3 heterocycles. The second kappa shape index (κ2) is 5.30. The van der Waals surface area contributed by atoms with Gasteiger partial charge < -0.3 is 16.0 Å². The lowest BCUT2D eigenvalue weighted by Gasteiger charge is -2.43. The fourth-order valence-electron chi connectivity index (χ4n) is 3.74. The van der Waals surface area contributed by atoms with Gasteiger partial charge in [0.2, 0.25) is 0 Å². The molecule has 1 saturated heterocycles. The molecular formula is C16H23N5. The van der Waals surface area contributed by atoms with E-state index in [9.17, 15) is 0 Å². The molecule has 4 rings (SSSR count). The van der Waals surface area contributed by atoms with Crippen LogP contribution in [0.1, 0.15) is 38.5 Å². The number of anilines is 2. The molecule has 0 unspecified atom stereocenters. The highest BCUT2D eigenvalue weighted by Gasteiger charge is 2.41. The van der Waals surface area contributed by atoms with Crippen LogP contribution >= 0.6 is 0 Å². The number of rotatable bonds is 1. The van der Waals surface area contributed by atoms with E-state index >= 15 is 0 Å². The SMILES string of the molecule is c1cnc2c(c1)NC1(CCNCC1)C(=NC1CCCC1)N2. The van der Waals surface area contributed by atoms with Crippen molar-refractivity contribution in [2.45, 2.75) is 50.1 Å². The molecule has 1 aliphatic carbocycles. The second-order valence-electron chi connectivity index (χ2n) is 6.40. The standard InChI is InChI=1S/C16H23N5/c1-2-5-12(4-1)19-15-16(7-10-17-11-8-16)21-13-6-3-9-18-14(13)20-15/h3,6,9,12,17,21H,1-2,4-5,7-8,10-11H2,(H,18,19,20). The van der Waals surface area contributed by atoms with Gasteiger partial charge in [-0.15, -0.1) is 0 Å². The Morgan fingerprint density at radius 1 is 1.19 bits per heavy atom. The van der Waals surface area contributed by atoms with Crippen LogP contribution in [0.2, 0.25) is 0 Å². The normalized spacial score (nSPS) is 26.4. The van der Waals surface area contributed by atoms with Gasteiger partial charge in [-0.05, 0) is 50.9 Å². The maximum Gasteiger partial charge on any atom is 0.154 e. The lowest BCUT2D eigenvalue weighted by atomic mass is 9.85. The van der Waals surface area contributed by atoms with Crippen molar-refractivity contribution < 1.29 is 0 Å². The summed E-state index contributed by atoms with van der Waals surface area (Å²) in [6, 6.07) is 4.58. The molecule has 2 fully saturated rings. The second-order valence-corrected chi connectivity index (χ2v) is 6.40. The van der Waals surface area contributed by atoms with Crippen LogP contribution in [-0.4, -0.2) is 35.5 Å². The summed E-state index contributed by atoms with van der Waals surface area (Å²) in [5.74, 6) is 2.03. The van der Waals surface area contributed by atoms with Gasteiger partial charge in [0, 0.05) is 6.20 Å². The van der Waals surface area contributed by atoms with Crippen molar-refractivity contribution >= 4 is 17.3 Å². The monoisotopic (exact) mass is 285 g/mol. The molecule has 112 valence electrons. The van der Waals surface area contributed by atoms with Gasteiger partial charge in [-0.25, -0.2) is 4.98 Å². The minimum atomic E-state index is -0.0378. The molecule has 5 nitrogen and oxygen atoms in total. The summed E-state index contributed by atoms with van der Waals surface area (Å²) in [5, 5.41) is 10.7. The fraction of sp³-hybridized carbons (Fsp3) is 0.625. The van der Waals surface area contributed by atoms with Gasteiger partial charge in [0.05, 0.1) is 17.3 Å². The van der Waals surface area contributed by atoms with Crippen LogP contribution in [0.15, 0.2) is 23.3 Å². The number of aromatic nitrogens is 1. The number of nitrogens with one attached hydrogen (secondary N) is 3. The third kappa shape index (κ3) is 2.39. The molecule has 0 bridgehead atoms. The number of aliphatic imine (C=N–C) groups is 1. The van der Waals surface area contributed by atoms with Crippen LogP contribution in [0.3, 0.4) is 0 Å². The highest BCUT2D eigenvalue weighted by Crippen LogP contribution is 2.35. The number of amidine groups is 1. The van der Waals surface area contributed by atoms with Crippen molar-refractivity contribution in [2.75, 3.05) is 23.7 Å². The van der Waals surface area contributed by atoms with Crippen LogP contribution in [-0.2, 0) is 0 Å². The number of hydrogen-bond donors (Lipinski definition) is 3. The fourth-order valence-corrected chi connectivity index (χ4v) is 3.74. The number of piperidine rings is 1. The van der Waals surface area contributed by atoms with Gasteiger partial charge in [-0.1, -0.05) is 12.8 Å². The van der Waals surface area contributed by atoms with Crippen LogP contribution in [0, 0.1) is 0 Å². The highest BCUT2D eigenvalue weighted by molar-refractivity contribution is 6.08. The molecule has 1 aromatic rings. The van der Waals surface area contributed by atoms with Crippen LogP contribution in [0.5, 0.6) is 0 Å². The van der Waals surface area contributed by atoms with Crippen molar-refractivity contribution in [1.29, 1.82) is 0 Å². The lowest BCUT2D eigenvalue weighted by Crippen LogP contribution is -2.58. The Morgan fingerprint density at radius 3 is 2.81 bits per heavy atom. The van der Waals surface area contributed by atoms with Gasteiger partial charge in [0.25, 0.3) is 0 Å². The molecule has 1 aromatic heterocycles. The number of hydrogen-bond acceptors (Lipinski definition) is 4. The lowest BCUT2D eigenvalue weighted by molar-refractivity contribution is 0.417. The van der Waals surface area contributed by atoms with E-state index in [4.69, 9.17) is 4.99 Å². The van der Waals surface area contributed by atoms with Crippen LogP contribution < -0.4 is 16.0 Å². The molecular weight excluding hydrogens is 262 g/mol. The van der Waals surface area contributed by atoms with Crippen molar-refractivity contribution in [2.24, 2.45) is 4.99 Å². The Bertz CT molecular complexity index is 541. The first-order valence-electron chi connectivity index (χ1n) is 8.15. The Kier molecular flexibility index (Phi) is 3.30. The Balaban J connectivity index is 1.71. The van der Waals surface area contributed by atoms with Gasteiger partial charge in [-0.2, -0.15) is 0 Å². The van der Waals surface area contributed by atoms with Crippen molar-refractivity contribution in [1.82, 2.24) is 10.3 Å². The molecule has 1 spiro atoms. The van der Waals surface area contributed by atoms with E-state index in [1.54, 1.807) is 0 Å². The number of pyridine rings is 1. The van der Waals surface area contributed by atoms with Gasteiger partial charge >= 0.3 is 0 Å². The van der Waals surface area contributed by atoms with E-state index < -0.39 is 0 Å². The minimum absolute atomic E-state index is 0.0378. The first-order chi connectivity index (χ1) is 10.4. The summed E-state index contributed by atoms with van der Waals surface area (Å²) in [5.41, 5.74) is 1.06. The molecule has 3 aliphatic rings. The van der Waals surface area contributed by atoms with Crippen molar-refractivity contribution in [3.8, 4) is 0 Å². The molecule has 0 aromatic carbocycles. The van der Waals surface area contributed by atoms with E-state index in [0.29, 0.717) is 6.04 Å². The van der Waals surface area contributed by atoms with Gasteiger partial charge in [-0.3, -0.25) is 4.99 Å². The summed E-state index contributed by atoms with van der Waals surface area (Å²) in [6.45, 7) is 2.07. The van der Waals surface area contributed by atoms with Gasteiger partial charge in [0.15, 0.2) is 5.82 Å². The number of nitrogens with zero attached hydrogens (tertiary/aromatic N) is 2. The Morgan fingerprint density at radius 2 is 2.00 bits per heavy atom. The maximum absolute atomic E-state index is 5.09. The summed E-state index contributed by atoms with van der Waals surface area (Å²) < 4.78 is 0. The smallest absolute Gasteiger partial charge is 0.154 e. The highest BCUT2D eigenvalue weighted by atomic mass is 15.2. The predicted octanol–water partition coefficient (Wildman–Crippen LogP) is 2.38. The van der Waals surface area contributed by atoms with E-state index in [-0.39, 0.29) is 5.54 Å². The quantitative estimate of drug-likeness (QED) is 0.741. The first-order valence-corrected chi connectivity index (χ1v) is 8.15. The van der Waals surface area contributed by atoms with Crippen LogP contribution in [0.4, 0.5) is 11.5 Å². The molecule has 0 radical (unpaired) electrons. The van der Waals surface area contributed by atoms with Crippen LogP contribution in [0.25, 0.3) is 0 Å². The van der Waals surface area contributed by atoms with E-state index in [1.165, 1.54) is 25.7 Å². The summed E-state index contributed by atoms with van der Waals surface area (Å²) in [6.07, 6.45) is 9.07. The summed E-state index contributed by atoms with van der Waals surface area (Å²) >= 11 is 0. The number of fused-ring (bicyclic) bond motifs is 1. The Labute approximate surface area is 125 Å². The topological polar surface area (TPSA) is 61.3 Å². The molecule has 0 amide bonds. The molecule has 2 aliphatic heterocycles. The largest absolute Gasteiger partial charge is 0.370 e. The molecule has 3 N–H and O–H groups in total.